The summed E-state index contributed by atoms with van der Waals surface area (Å²) in [5.41, 5.74) is 4.74. The monoisotopic (exact) mass is 313 g/mol. The summed E-state index contributed by atoms with van der Waals surface area (Å²) in [6.45, 7) is 5.82. The zero-order valence-electron chi connectivity index (χ0n) is 13.5. The third-order valence-electron chi connectivity index (χ3n) is 3.35. The van der Waals surface area contributed by atoms with Gasteiger partial charge in [0, 0.05) is 13.7 Å². The number of hydrogen-bond donors (Lipinski definition) is 3. The van der Waals surface area contributed by atoms with Gasteiger partial charge >= 0.3 is 14.1 Å². The molecule has 9 heteroatoms. The summed E-state index contributed by atoms with van der Waals surface area (Å²) in [6.07, 6.45) is 0.352. The van der Waals surface area contributed by atoms with Gasteiger partial charge in [0.2, 0.25) is 11.8 Å². The van der Waals surface area contributed by atoms with E-state index in [1.807, 2.05) is 0 Å². The Labute approximate surface area is 131 Å². The Morgan fingerprint density at radius 3 is 2.32 bits per heavy atom. The number of hydrogen-bond acceptors (Lipinski definition) is 5. The van der Waals surface area contributed by atoms with E-state index in [1.165, 1.54) is 4.90 Å². The molecular weight excluding hydrogens is 289 g/mol. The van der Waals surface area contributed by atoms with Crippen LogP contribution in [0.3, 0.4) is 0 Å². The quantitative estimate of drug-likeness (QED) is 0.595. The van der Waals surface area contributed by atoms with Gasteiger partial charge in [0.1, 0.15) is 12.1 Å². The van der Waals surface area contributed by atoms with Gasteiger partial charge < -0.3 is 25.7 Å². The number of likely N-dealkylation sites (tertiary alicyclic amines) is 1. The van der Waals surface area contributed by atoms with E-state index in [9.17, 15) is 14.4 Å². The average molecular weight is 313 g/mol. The summed E-state index contributed by atoms with van der Waals surface area (Å²) in [6, 6.07) is -1.47. The van der Waals surface area contributed by atoms with E-state index < -0.39 is 29.5 Å². The highest BCUT2D eigenvalue weighted by molar-refractivity contribution is 6.05. The Morgan fingerprint density at radius 2 is 1.91 bits per heavy atom. The van der Waals surface area contributed by atoms with Crippen LogP contribution in [0.2, 0.25) is 0 Å². The van der Waals surface area contributed by atoms with E-state index in [0.29, 0.717) is 19.4 Å². The lowest BCUT2D eigenvalue weighted by molar-refractivity contribution is -0.141. The molecule has 0 bridgehead atoms. The van der Waals surface area contributed by atoms with Crippen molar-refractivity contribution < 1.29 is 24.1 Å². The largest absolute Gasteiger partial charge is 0.528 e. The molecule has 3 amide bonds. The number of aliphatic hydroxyl groups is 1. The molecule has 0 aliphatic carbocycles. The van der Waals surface area contributed by atoms with E-state index in [0.717, 1.165) is 7.11 Å². The zero-order valence-corrected chi connectivity index (χ0v) is 13.5. The van der Waals surface area contributed by atoms with Crippen LogP contribution < -0.4 is 11.1 Å². The number of nitrogens with zero attached hydrogens (tertiary/aromatic N) is 1. The van der Waals surface area contributed by atoms with E-state index in [1.54, 1.807) is 20.8 Å². The standard InChI is InChI=1S/C12H20BN3O4.CH4O/c1-12(2,3)8(15-11(19)20-13)10(18)16-6-4-5-7(16)9(14)17;1-2/h7-8H,4-6H2,1-3H3,(H2,14,17)(H,15,19);2H,1H3. The lowest BCUT2D eigenvalue weighted by Gasteiger charge is -2.34. The maximum absolute atomic E-state index is 12.6. The molecule has 2 radical (unpaired) electrons. The number of carbonyl (C=O) groups is 3. The molecule has 1 fully saturated rings. The fraction of sp³-hybridized carbons (Fsp3) is 0.769. The van der Waals surface area contributed by atoms with Crippen molar-refractivity contribution in [3.05, 3.63) is 0 Å². The van der Waals surface area contributed by atoms with E-state index in [2.05, 4.69) is 9.97 Å². The van der Waals surface area contributed by atoms with Crippen LogP contribution in [0.4, 0.5) is 4.79 Å². The second kappa shape index (κ2) is 8.62. The van der Waals surface area contributed by atoms with Gasteiger partial charge in [-0.25, -0.2) is 4.79 Å². The molecule has 22 heavy (non-hydrogen) atoms. The fourth-order valence-electron chi connectivity index (χ4n) is 2.29. The molecule has 124 valence electrons. The molecule has 1 saturated heterocycles. The van der Waals surface area contributed by atoms with Gasteiger partial charge in [-0.1, -0.05) is 20.8 Å². The highest BCUT2D eigenvalue weighted by Gasteiger charge is 2.41. The predicted octanol–water partition coefficient (Wildman–Crippen LogP) is -0.704. The van der Waals surface area contributed by atoms with Crippen LogP contribution >= 0.6 is 0 Å². The Balaban J connectivity index is 0.00000211. The van der Waals surface area contributed by atoms with Crippen molar-refractivity contribution in [2.45, 2.75) is 45.7 Å². The first kappa shape index (κ1) is 20.2. The molecule has 8 nitrogen and oxygen atoms in total. The van der Waals surface area contributed by atoms with Crippen LogP contribution in [-0.4, -0.2) is 61.7 Å². The Kier molecular flexibility index (Phi) is 7.93. The van der Waals surface area contributed by atoms with Gasteiger partial charge in [0.05, 0.1) is 0 Å². The summed E-state index contributed by atoms with van der Waals surface area (Å²) in [4.78, 5) is 36.6. The minimum atomic E-state index is -0.895. The summed E-state index contributed by atoms with van der Waals surface area (Å²) in [7, 11) is 5.78. The fourth-order valence-corrected chi connectivity index (χ4v) is 2.29. The average Bonchev–Trinajstić information content (AvgIpc) is 2.94. The molecule has 2 atom stereocenters. The van der Waals surface area contributed by atoms with Crippen LogP contribution in [0.15, 0.2) is 0 Å². The molecule has 0 spiro atoms. The first-order valence-electron chi connectivity index (χ1n) is 6.90. The Hall–Kier alpha value is -1.77. The van der Waals surface area contributed by atoms with E-state index >= 15 is 0 Å². The molecule has 1 aliphatic rings. The van der Waals surface area contributed by atoms with E-state index in [-0.39, 0.29) is 5.91 Å². The third kappa shape index (κ3) is 5.21. The van der Waals surface area contributed by atoms with Crippen LogP contribution in [-0.2, 0) is 14.2 Å². The second-order valence-electron chi connectivity index (χ2n) is 5.94. The number of primary amides is 1. The maximum Gasteiger partial charge on any atom is 0.389 e. The van der Waals surface area contributed by atoms with Crippen LogP contribution in [0.5, 0.6) is 0 Å². The van der Waals surface area contributed by atoms with Gasteiger partial charge in [0.15, 0.2) is 0 Å². The number of rotatable bonds is 3. The van der Waals surface area contributed by atoms with Gasteiger partial charge in [0.25, 0.3) is 0 Å². The smallest absolute Gasteiger partial charge is 0.389 e. The number of nitrogens with one attached hydrogen (secondary N) is 1. The SMILES string of the molecule is CO.[B]OC(=O)NC(C(=O)N1CCCC1C(N)=O)C(C)(C)C. The van der Waals surface area contributed by atoms with Crippen LogP contribution in [0, 0.1) is 5.41 Å². The summed E-state index contributed by atoms with van der Waals surface area (Å²) in [5.74, 6) is -0.894. The van der Waals surface area contributed by atoms with Gasteiger partial charge in [-0.05, 0) is 18.3 Å². The van der Waals surface area contributed by atoms with Crippen molar-refractivity contribution in [1.82, 2.24) is 10.2 Å². The van der Waals surface area contributed by atoms with Crippen molar-refractivity contribution in [2.24, 2.45) is 11.1 Å². The first-order chi connectivity index (χ1) is 10.2. The van der Waals surface area contributed by atoms with Crippen molar-refractivity contribution in [3.63, 3.8) is 0 Å². The van der Waals surface area contributed by atoms with Crippen LogP contribution in [0.1, 0.15) is 33.6 Å². The lowest BCUT2D eigenvalue weighted by atomic mass is 9.85. The maximum atomic E-state index is 12.6. The number of amides is 3. The number of aliphatic hydroxyl groups excluding tert-OH is 1. The molecule has 1 aliphatic heterocycles. The highest BCUT2D eigenvalue weighted by atomic mass is 16.5. The van der Waals surface area contributed by atoms with Crippen LogP contribution in [0.25, 0.3) is 0 Å². The van der Waals surface area contributed by atoms with Gasteiger partial charge in [-0.3, -0.25) is 9.59 Å². The Bertz CT molecular complexity index is 411. The van der Waals surface area contributed by atoms with E-state index in [4.69, 9.17) is 18.9 Å². The number of carbonyl (C=O) groups excluding carboxylic acids is 3. The lowest BCUT2D eigenvalue weighted by Crippen LogP contribution is -2.57. The minimum absolute atomic E-state index is 0.357. The molecule has 4 N–H and O–H groups in total. The molecule has 0 aromatic rings. The van der Waals surface area contributed by atoms with Gasteiger partial charge in [-0.15, -0.1) is 0 Å². The summed E-state index contributed by atoms with van der Waals surface area (Å²) >= 11 is 0. The molecule has 1 heterocycles. The second-order valence-corrected chi connectivity index (χ2v) is 5.94. The minimum Gasteiger partial charge on any atom is -0.528 e. The number of nitrogens with two attached hydrogens (primary N) is 1. The molecule has 0 saturated carbocycles. The third-order valence-corrected chi connectivity index (χ3v) is 3.35. The summed E-state index contributed by atoms with van der Waals surface area (Å²) in [5, 5.41) is 9.41. The molecular formula is C13H24BN3O5. The molecule has 2 unspecified atom stereocenters. The molecule has 1 rings (SSSR count). The first-order valence-corrected chi connectivity index (χ1v) is 6.90. The molecule has 0 aromatic carbocycles. The predicted molar refractivity (Wildman–Crippen MR) is 80.7 cm³/mol. The zero-order chi connectivity index (χ0) is 17.5. The van der Waals surface area contributed by atoms with Crippen molar-refractivity contribution >= 4 is 26.0 Å². The van der Waals surface area contributed by atoms with Crippen molar-refractivity contribution in [2.75, 3.05) is 13.7 Å². The Morgan fingerprint density at radius 1 is 1.36 bits per heavy atom. The van der Waals surface area contributed by atoms with Gasteiger partial charge in [-0.2, -0.15) is 0 Å². The topological polar surface area (TPSA) is 122 Å². The normalized spacial score (nSPS) is 18.8. The summed E-state index contributed by atoms with van der Waals surface area (Å²) < 4.78 is 4.05. The van der Waals surface area contributed by atoms with Crippen molar-refractivity contribution in [3.8, 4) is 0 Å². The molecule has 0 aromatic heterocycles. The van der Waals surface area contributed by atoms with Crippen molar-refractivity contribution in [1.29, 1.82) is 0 Å². The highest BCUT2D eigenvalue weighted by Crippen LogP contribution is 2.25.